The van der Waals surface area contributed by atoms with Crippen LogP contribution in [0.4, 0.5) is 0 Å². The lowest BCUT2D eigenvalue weighted by molar-refractivity contribution is 0.432. The molecule has 2 aromatic rings. The minimum Gasteiger partial charge on any atom is -0.325 e. The first-order valence-electron chi connectivity index (χ1n) is 6.80. The third-order valence-electron chi connectivity index (χ3n) is 3.14. The van der Waals surface area contributed by atoms with Crippen LogP contribution in [-0.4, -0.2) is 20.3 Å². The first-order chi connectivity index (χ1) is 9.11. The smallest absolute Gasteiger partial charge is 0.138 e. The van der Waals surface area contributed by atoms with Gasteiger partial charge in [-0.2, -0.15) is 5.10 Å². The summed E-state index contributed by atoms with van der Waals surface area (Å²) in [4.78, 5) is 4.33. The molecule has 1 unspecified atom stereocenters. The summed E-state index contributed by atoms with van der Waals surface area (Å²) >= 11 is 0. The molecule has 0 amide bonds. The Morgan fingerprint density at radius 3 is 2.63 bits per heavy atom. The van der Waals surface area contributed by atoms with E-state index in [4.69, 9.17) is 5.73 Å². The molecule has 2 N–H and O–H groups in total. The Kier molecular flexibility index (Phi) is 4.32. The molecule has 0 spiro atoms. The van der Waals surface area contributed by atoms with Gasteiger partial charge in [-0.1, -0.05) is 37.3 Å². The summed E-state index contributed by atoms with van der Waals surface area (Å²) in [7, 11) is 0. The van der Waals surface area contributed by atoms with Crippen molar-refractivity contribution in [3.63, 3.8) is 0 Å². The van der Waals surface area contributed by atoms with Crippen LogP contribution in [0, 0.1) is 0 Å². The van der Waals surface area contributed by atoms with Gasteiger partial charge in [0, 0.05) is 18.5 Å². The molecule has 0 aliphatic rings. The van der Waals surface area contributed by atoms with Crippen molar-refractivity contribution >= 4 is 0 Å². The lowest BCUT2D eigenvalue weighted by atomic mass is 9.90. The standard InChI is InChI=1S/C15H22N4/c1-3-9-19-14(17-12-18-19)11-15(2,16)10-13-7-5-4-6-8-13/h4-8,12H,3,9-11,16H2,1-2H3. The summed E-state index contributed by atoms with van der Waals surface area (Å²) in [5, 5.41) is 4.25. The predicted octanol–water partition coefficient (Wildman–Crippen LogP) is 2.19. The number of benzene rings is 1. The van der Waals surface area contributed by atoms with Crippen LogP contribution >= 0.6 is 0 Å². The maximum absolute atomic E-state index is 6.42. The average molecular weight is 258 g/mol. The molecule has 1 aromatic carbocycles. The van der Waals surface area contributed by atoms with Gasteiger partial charge in [0.05, 0.1) is 0 Å². The highest BCUT2D eigenvalue weighted by Crippen LogP contribution is 2.15. The minimum atomic E-state index is -0.306. The molecule has 1 heterocycles. The molecular formula is C15H22N4. The average Bonchev–Trinajstić information content (AvgIpc) is 2.77. The molecule has 0 aliphatic heterocycles. The van der Waals surface area contributed by atoms with E-state index in [1.54, 1.807) is 6.33 Å². The van der Waals surface area contributed by atoms with Crippen LogP contribution in [0.15, 0.2) is 36.7 Å². The van der Waals surface area contributed by atoms with Gasteiger partial charge in [-0.3, -0.25) is 4.68 Å². The number of hydrogen-bond donors (Lipinski definition) is 1. The van der Waals surface area contributed by atoms with Crippen molar-refractivity contribution in [2.75, 3.05) is 0 Å². The normalized spacial score (nSPS) is 14.3. The SMILES string of the molecule is CCCn1ncnc1CC(C)(N)Cc1ccccc1. The minimum absolute atomic E-state index is 0.306. The van der Waals surface area contributed by atoms with Crippen molar-refractivity contribution in [2.24, 2.45) is 5.73 Å². The van der Waals surface area contributed by atoms with Crippen molar-refractivity contribution in [1.82, 2.24) is 14.8 Å². The molecule has 1 atom stereocenters. The number of aromatic nitrogens is 3. The predicted molar refractivity (Wildman–Crippen MR) is 76.8 cm³/mol. The van der Waals surface area contributed by atoms with Crippen LogP contribution < -0.4 is 5.73 Å². The fourth-order valence-electron chi connectivity index (χ4n) is 2.31. The van der Waals surface area contributed by atoms with Crippen molar-refractivity contribution in [3.8, 4) is 0 Å². The van der Waals surface area contributed by atoms with Gasteiger partial charge < -0.3 is 5.73 Å². The Labute approximate surface area is 114 Å². The Morgan fingerprint density at radius 2 is 1.95 bits per heavy atom. The zero-order chi connectivity index (χ0) is 13.7. The van der Waals surface area contributed by atoms with E-state index in [0.717, 1.165) is 31.6 Å². The third-order valence-corrected chi connectivity index (χ3v) is 3.14. The molecule has 0 saturated heterocycles. The van der Waals surface area contributed by atoms with Crippen LogP contribution in [0.2, 0.25) is 0 Å². The summed E-state index contributed by atoms with van der Waals surface area (Å²) in [6, 6.07) is 10.3. The molecular weight excluding hydrogens is 236 g/mol. The monoisotopic (exact) mass is 258 g/mol. The number of aryl methyl sites for hydroxylation is 1. The molecule has 0 saturated carbocycles. The molecule has 0 fully saturated rings. The maximum Gasteiger partial charge on any atom is 0.138 e. The third kappa shape index (κ3) is 3.89. The molecule has 102 valence electrons. The van der Waals surface area contributed by atoms with Gasteiger partial charge >= 0.3 is 0 Å². The number of rotatable bonds is 6. The zero-order valence-electron chi connectivity index (χ0n) is 11.7. The summed E-state index contributed by atoms with van der Waals surface area (Å²) in [6.45, 7) is 5.11. The topological polar surface area (TPSA) is 56.7 Å². The van der Waals surface area contributed by atoms with Crippen molar-refractivity contribution in [1.29, 1.82) is 0 Å². The van der Waals surface area contributed by atoms with E-state index in [0.29, 0.717) is 0 Å². The van der Waals surface area contributed by atoms with E-state index in [9.17, 15) is 0 Å². The molecule has 0 aliphatic carbocycles. The fraction of sp³-hybridized carbons (Fsp3) is 0.467. The van der Waals surface area contributed by atoms with Crippen LogP contribution in [-0.2, 0) is 19.4 Å². The van der Waals surface area contributed by atoms with Gasteiger partial charge in [0.25, 0.3) is 0 Å². The second-order valence-corrected chi connectivity index (χ2v) is 5.39. The summed E-state index contributed by atoms with van der Waals surface area (Å²) in [5.74, 6) is 0.975. The Balaban J connectivity index is 2.06. The van der Waals surface area contributed by atoms with E-state index in [1.165, 1.54) is 5.56 Å². The second kappa shape index (κ2) is 5.97. The zero-order valence-corrected chi connectivity index (χ0v) is 11.7. The van der Waals surface area contributed by atoms with Crippen LogP contribution in [0.3, 0.4) is 0 Å². The highest BCUT2D eigenvalue weighted by Gasteiger charge is 2.22. The molecule has 2 rings (SSSR count). The van der Waals surface area contributed by atoms with Gasteiger partial charge in [0.1, 0.15) is 12.2 Å². The Morgan fingerprint density at radius 1 is 1.21 bits per heavy atom. The summed E-state index contributed by atoms with van der Waals surface area (Å²) < 4.78 is 1.95. The van der Waals surface area contributed by atoms with Crippen molar-refractivity contribution < 1.29 is 0 Å². The first kappa shape index (κ1) is 13.7. The summed E-state index contributed by atoms with van der Waals surface area (Å²) in [6.07, 6.45) is 4.24. The van der Waals surface area contributed by atoms with Crippen molar-refractivity contribution in [2.45, 2.75) is 45.2 Å². The largest absolute Gasteiger partial charge is 0.325 e. The highest BCUT2D eigenvalue weighted by molar-refractivity contribution is 5.18. The molecule has 0 radical (unpaired) electrons. The second-order valence-electron chi connectivity index (χ2n) is 5.39. The van der Waals surface area contributed by atoms with Crippen LogP contribution in [0.5, 0.6) is 0 Å². The van der Waals surface area contributed by atoms with E-state index >= 15 is 0 Å². The first-order valence-corrected chi connectivity index (χ1v) is 6.80. The number of hydrogen-bond acceptors (Lipinski definition) is 3. The van der Waals surface area contributed by atoms with Crippen LogP contribution in [0.1, 0.15) is 31.7 Å². The molecule has 0 bridgehead atoms. The lowest BCUT2D eigenvalue weighted by Gasteiger charge is -2.24. The quantitative estimate of drug-likeness (QED) is 0.864. The Hall–Kier alpha value is -1.68. The lowest BCUT2D eigenvalue weighted by Crippen LogP contribution is -2.41. The van der Waals surface area contributed by atoms with Crippen LogP contribution in [0.25, 0.3) is 0 Å². The van der Waals surface area contributed by atoms with Crippen molar-refractivity contribution in [3.05, 3.63) is 48.0 Å². The van der Waals surface area contributed by atoms with E-state index in [-0.39, 0.29) is 5.54 Å². The van der Waals surface area contributed by atoms with E-state index in [1.807, 2.05) is 22.9 Å². The van der Waals surface area contributed by atoms with Gasteiger partial charge in [-0.25, -0.2) is 4.98 Å². The highest BCUT2D eigenvalue weighted by atomic mass is 15.3. The molecule has 4 nitrogen and oxygen atoms in total. The molecule has 4 heteroatoms. The van der Waals surface area contributed by atoms with Gasteiger partial charge in [0.2, 0.25) is 0 Å². The Bertz CT molecular complexity index is 502. The summed E-state index contributed by atoms with van der Waals surface area (Å²) in [5.41, 5.74) is 7.38. The maximum atomic E-state index is 6.42. The number of nitrogens with zero attached hydrogens (tertiary/aromatic N) is 3. The molecule has 1 aromatic heterocycles. The van der Waals surface area contributed by atoms with Gasteiger partial charge in [-0.15, -0.1) is 0 Å². The van der Waals surface area contributed by atoms with Gasteiger partial charge in [-0.05, 0) is 25.3 Å². The molecule has 19 heavy (non-hydrogen) atoms. The van der Waals surface area contributed by atoms with E-state index < -0.39 is 0 Å². The van der Waals surface area contributed by atoms with E-state index in [2.05, 4.69) is 36.1 Å². The number of nitrogens with two attached hydrogens (primary N) is 1. The fourth-order valence-corrected chi connectivity index (χ4v) is 2.31. The van der Waals surface area contributed by atoms with Gasteiger partial charge in [0.15, 0.2) is 0 Å².